The van der Waals surface area contributed by atoms with Crippen molar-refractivity contribution in [3.05, 3.63) is 54.1 Å². The van der Waals surface area contributed by atoms with E-state index in [9.17, 15) is 8.42 Å². The molecule has 0 radical (unpaired) electrons. The van der Waals surface area contributed by atoms with E-state index in [4.69, 9.17) is 9.47 Å². The van der Waals surface area contributed by atoms with Crippen LogP contribution in [-0.2, 0) is 20.0 Å². The molecular formula is C19H22O4S. The van der Waals surface area contributed by atoms with Gasteiger partial charge in [-0.25, -0.2) is 8.42 Å². The summed E-state index contributed by atoms with van der Waals surface area (Å²) in [6, 6.07) is 13.6. The normalized spacial score (nSPS) is 17.5. The number of benzene rings is 2. The van der Waals surface area contributed by atoms with Crippen LogP contribution in [0.15, 0.2) is 58.3 Å². The van der Waals surface area contributed by atoms with E-state index in [0.717, 1.165) is 5.56 Å². The van der Waals surface area contributed by atoms with Gasteiger partial charge in [0.25, 0.3) is 0 Å². The Bertz CT molecular complexity index is 816. The van der Waals surface area contributed by atoms with Crippen LogP contribution in [0.25, 0.3) is 0 Å². The van der Waals surface area contributed by atoms with Crippen molar-refractivity contribution in [1.29, 1.82) is 0 Å². The quantitative estimate of drug-likeness (QED) is 0.776. The third-order valence-corrected chi connectivity index (χ3v) is 5.72. The minimum absolute atomic E-state index is 0.118. The largest absolute Gasteiger partial charge is 0.490 e. The van der Waals surface area contributed by atoms with Gasteiger partial charge in [0.05, 0.1) is 16.4 Å². The molecule has 5 heteroatoms. The van der Waals surface area contributed by atoms with Gasteiger partial charge in [-0.1, -0.05) is 45.0 Å². The van der Waals surface area contributed by atoms with Gasteiger partial charge in [0.2, 0.25) is 9.84 Å². The molecule has 24 heavy (non-hydrogen) atoms. The predicted octanol–water partition coefficient (Wildman–Crippen LogP) is 3.59. The number of sulfone groups is 1. The molecule has 0 spiro atoms. The minimum atomic E-state index is -3.56. The first-order chi connectivity index (χ1) is 11.3. The summed E-state index contributed by atoms with van der Waals surface area (Å²) in [5.74, 6) is 0.606. The summed E-state index contributed by atoms with van der Waals surface area (Å²) in [6.45, 7) is 7.38. The average Bonchev–Trinajstić information content (AvgIpc) is 3.37. The van der Waals surface area contributed by atoms with Gasteiger partial charge >= 0.3 is 0 Å². The highest BCUT2D eigenvalue weighted by Gasteiger charge is 2.27. The van der Waals surface area contributed by atoms with Crippen LogP contribution in [0.4, 0.5) is 0 Å². The van der Waals surface area contributed by atoms with Crippen LogP contribution in [-0.4, -0.2) is 27.7 Å². The molecule has 128 valence electrons. The molecule has 1 fully saturated rings. The molecular weight excluding hydrogens is 324 g/mol. The predicted molar refractivity (Wildman–Crippen MR) is 92.3 cm³/mol. The number of epoxide rings is 1. The van der Waals surface area contributed by atoms with E-state index in [-0.39, 0.29) is 21.3 Å². The maximum atomic E-state index is 12.8. The van der Waals surface area contributed by atoms with Crippen LogP contribution in [0.1, 0.15) is 26.3 Å². The lowest BCUT2D eigenvalue weighted by Crippen LogP contribution is -2.16. The van der Waals surface area contributed by atoms with Crippen molar-refractivity contribution in [1.82, 2.24) is 0 Å². The molecule has 0 N–H and O–H groups in total. The summed E-state index contributed by atoms with van der Waals surface area (Å²) >= 11 is 0. The lowest BCUT2D eigenvalue weighted by atomic mass is 9.86. The molecule has 1 aliphatic rings. The SMILES string of the molecule is CC(C)(C)c1ccc(S(=O)(=O)c2ccccc2)cc1OCC1CO1. The highest BCUT2D eigenvalue weighted by molar-refractivity contribution is 7.91. The van der Waals surface area contributed by atoms with Crippen LogP contribution in [0.2, 0.25) is 0 Å². The standard InChI is InChI=1S/C19H22O4S/c1-19(2,3)17-10-9-16(11-18(17)23-13-14-12-22-14)24(20,21)15-7-5-4-6-8-15/h4-11,14H,12-13H2,1-3H3. The molecule has 1 atom stereocenters. The molecule has 0 aliphatic carbocycles. The van der Waals surface area contributed by atoms with Crippen LogP contribution < -0.4 is 4.74 Å². The Labute approximate surface area is 143 Å². The summed E-state index contributed by atoms with van der Waals surface area (Å²) in [5, 5.41) is 0. The highest BCUT2D eigenvalue weighted by atomic mass is 32.2. The molecule has 3 rings (SSSR count). The highest BCUT2D eigenvalue weighted by Crippen LogP contribution is 2.35. The van der Waals surface area contributed by atoms with Gasteiger partial charge in [0.15, 0.2) is 0 Å². The topological polar surface area (TPSA) is 55.9 Å². The fraction of sp³-hybridized carbons (Fsp3) is 0.368. The molecule has 0 bridgehead atoms. The van der Waals surface area contributed by atoms with Gasteiger partial charge in [0, 0.05) is 0 Å². The molecule has 0 amide bonds. The molecule has 1 heterocycles. The second-order valence-corrected chi connectivity index (χ2v) is 8.94. The number of ether oxygens (including phenoxy) is 2. The zero-order chi connectivity index (χ0) is 17.4. The van der Waals surface area contributed by atoms with Gasteiger partial charge < -0.3 is 9.47 Å². The lowest BCUT2D eigenvalue weighted by Gasteiger charge is -2.23. The Morgan fingerprint density at radius 3 is 2.33 bits per heavy atom. The van der Waals surface area contributed by atoms with Crippen molar-refractivity contribution >= 4 is 9.84 Å². The summed E-state index contributed by atoms with van der Waals surface area (Å²) in [6.07, 6.45) is 0.118. The van der Waals surface area contributed by atoms with Crippen LogP contribution >= 0.6 is 0 Å². The Hall–Kier alpha value is -1.85. The molecule has 0 saturated carbocycles. The third kappa shape index (κ3) is 3.62. The van der Waals surface area contributed by atoms with Crippen LogP contribution in [0.3, 0.4) is 0 Å². The summed E-state index contributed by atoms with van der Waals surface area (Å²) in [5.41, 5.74) is 0.838. The summed E-state index contributed by atoms with van der Waals surface area (Å²) in [7, 11) is -3.56. The van der Waals surface area contributed by atoms with Gasteiger partial charge in [-0.05, 0) is 35.2 Å². The van der Waals surface area contributed by atoms with Gasteiger partial charge in [-0.15, -0.1) is 0 Å². The second-order valence-electron chi connectivity index (χ2n) is 6.99. The number of hydrogen-bond acceptors (Lipinski definition) is 4. The molecule has 1 saturated heterocycles. The summed E-state index contributed by atoms with van der Waals surface area (Å²) in [4.78, 5) is 0.526. The van der Waals surface area contributed by atoms with Crippen molar-refractivity contribution < 1.29 is 17.9 Å². The van der Waals surface area contributed by atoms with Crippen molar-refractivity contribution in [3.63, 3.8) is 0 Å². The van der Waals surface area contributed by atoms with Crippen molar-refractivity contribution in [2.24, 2.45) is 0 Å². The Kier molecular flexibility index (Phi) is 4.40. The van der Waals surface area contributed by atoms with Crippen molar-refractivity contribution in [3.8, 4) is 5.75 Å². The first-order valence-electron chi connectivity index (χ1n) is 7.97. The average molecular weight is 346 g/mol. The number of rotatable bonds is 5. The molecule has 2 aromatic carbocycles. The first kappa shape index (κ1) is 17.0. The van der Waals surface area contributed by atoms with Gasteiger partial charge in [-0.2, -0.15) is 0 Å². The lowest BCUT2D eigenvalue weighted by molar-refractivity contribution is 0.257. The van der Waals surface area contributed by atoms with Gasteiger partial charge in [0.1, 0.15) is 18.5 Å². The monoisotopic (exact) mass is 346 g/mol. The Balaban J connectivity index is 2.01. The minimum Gasteiger partial charge on any atom is -0.490 e. The van der Waals surface area contributed by atoms with Crippen LogP contribution in [0, 0.1) is 0 Å². The number of hydrogen-bond donors (Lipinski definition) is 0. The maximum absolute atomic E-state index is 12.8. The van der Waals surface area contributed by atoms with E-state index in [1.807, 2.05) is 6.07 Å². The first-order valence-corrected chi connectivity index (χ1v) is 9.46. The molecule has 2 aromatic rings. The summed E-state index contributed by atoms with van der Waals surface area (Å²) < 4.78 is 36.7. The van der Waals surface area contributed by atoms with E-state index in [1.165, 1.54) is 0 Å². The molecule has 1 aliphatic heterocycles. The maximum Gasteiger partial charge on any atom is 0.206 e. The van der Waals surface area contributed by atoms with E-state index in [2.05, 4.69) is 20.8 Å². The van der Waals surface area contributed by atoms with Crippen molar-refractivity contribution in [2.45, 2.75) is 42.1 Å². The van der Waals surface area contributed by atoms with E-state index >= 15 is 0 Å². The van der Waals surface area contributed by atoms with E-state index in [0.29, 0.717) is 19.0 Å². The zero-order valence-corrected chi connectivity index (χ0v) is 15.0. The van der Waals surface area contributed by atoms with E-state index < -0.39 is 9.84 Å². The van der Waals surface area contributed by atoms with Crippen LogP contribution in [0.5, 0.6) is 5.75 Å². The van der Waals surface area contributed by atoms with Crippen molar-refractivity contribution in [2.75, 3.05) is 13.2 Å². The Morgan fingerprint density at radius 1 is 1.08 bits per heavy atom. The molecule has 0 aromatic heterocycles. The fourth-order valence-corrected chi connectivity index (χ4v) is 3.79. The zero-order valence-electron chi connectivity index (χ0n) is 14.2. The second kappa shape index (κ2) is 6.22. The smallest absolute Gasteiger partial charge is 0.206 e. The molecule has 1 unspecified atom stereocenters. The van der Waals surface area contributed by atoms with E-state index in [1.54, 1.807) is 42.5 Å². The fourth-order valence-electron chi connectivity index (χ4n) is 2.49. The molecule has 4 nitrogen and oxygen atoms in total. The third-order valence-electron chi connectivity index (χ3n) is 3.95. The van der Waals surface area contributed by atoms with Gasteiger partial charge in [-0.3, -0.25) is 0 Å². The Morgan fingerprint density at radius 2 is 1.75 bits per heavy atom.